The highest BCUT2D eigenvalue weighted by molar-refractivity contribution is 6.30. The van der Waals surface area contributed by atoms with Gasteiger partial charge in [0, 0.05) is 36.7 Å². The molecule has 1 saturated heterocycles. The van der Waals surface area contributed by atoms with Gasteiger partial charge < -0.3 is 4.90 Å². The van der Waals surface area contributed by atoms with Crippen molar-refractivity contribution in [3.05, 3.63) is 34.6 Å². The number of likely N-dealkylation sites (N-methyl/N-ethyl adjacent to an activating group) is 2. The molecule has 1 aliphatic heterocycles. The molecule has 20 heavy (non-hydrogen) atoms. The monoisotopic (exact) mass is 300 g/mol. The van der Waals surface area contributed by atoms with E-state index >= 15 is 0 Å². The summed E-state index contributed by atoms with van der Waals surface area (Å²) in [5.41, 5.74) is 3.44. The molecule has 1 aliphatic rings. The lowest BCUT2D eigenvalue weighted by molar-refractivity contribution is 0.0874. The zero-order valence-electron chi connectivity index (χ0n) is 11.9. The van der Waals surface area contributed by atoms with Crippen LogP contribution in [0.15, 0.2) is 18.2 Å². The van der Waals surface area contributed by atoms with Crippen LogP contribution in [0.25, 0.3) is 0 Å². The van der Waals surface area contributed by atoms with Crippen LogP contribution in [0, 0.1) is 5.82 Å². The van der Waals surface area contributed by atoms with Gasteiger partial charge in [-0.2, -0.15) is 0 Å². The number of piperazine rings is 1. The molecule has 0 spiro atoms. The van der Waals surface area contributed by atoms with Crippen molar-refractivity contribution in [3.8, 4) is 0 Å². The minimum absolute atomic E-state index is 0.0179. The minimum atomic E-state index is -0.235. The van der Waals surface area contributed by atoms with Crippen molar-refractivity contribution >= 4 is 11.6 Å². The SMILES string of the molecule is CN1CCN(C)C(C(Cc2cc(Cl)ccc2F)NN)C1. The van der Waals surface area contributed by atoms with Gasteiger partial charge in [-0.05, 0) is 44.3 Å². The number of hydrogen-bond donors (Lipinski definition) is 2. The maximum absolute atomic E-state index is 13.9. The fourth-order valence-electron chi connectivity index (χ4n) is 2.72. The van der Waals surface area contributed by atoms with Crippen molar-refractivity contribution in [1.82, 2.24) is 15.2 Å². The molecule has 1 heterocycles. The average molecular weight is 301 g/mol. The maximum atomic E-state index is 13.9. The van der Waals surface area contributed by atoms with Gasteiger partial charge in [0.2, 0.25) is 0 Å². The minimum Gasteiger partial charge on any atom is -0.303 e. The number of benzene rings is 1. The van der Waals surface area contributed by atoms with E-state index in [0.717, 1.165) is 19.6 Å². The Morgan fingerprint density at radius 1 is 1.45 bits per heavy atom. The van der Waals surface area contributed by atoms with Gasteiger partial charge in [0.05, 0.1) is 0 Å². The molecule has 2 unspecified atom stereocenters. The standard InChI is InChI=1S/C14H22ClFN4/c1-19-5-6-20(2)14(9-19)13(18-17)8-10-7-11(15)3-4-12(10)16/h3-4,7,13-14,18H,5-6,8-9,17H2,1-2H3. The summed E-state index contributed by atoms with van der Waals surface area (Å²) in [6.07, 6.45) is 0.520. The second kappa shape index (κ2) is 6.83. The van der Waals surface area contributed by atoms with Gasteiger partial charge in [-0.25, -0.2) is 4.39 Å². The molecule has 1 aromatic carbocycles. The number of hydrazine groups is 1. The summed E-state index contributed by atoms with van der Waals surface area (Å²) in [6.45, 7) is 2.93. The molecule has 0 aromatic heterocycles. The summed E-state index contributed by atoms with van der Waals surface area (Å²) >= 11 is 5.94. The molecule has 0 saturated carbocycles. The van der Waals surface area contributed by atoms with Crippen molar-refractivity contribution in [1.29, 1.82) is 0 Å². The van der Waals surface area contributed by atoms with Crippen LogP contribution in [0.4, 0.5) is 4.39 Å². The first-order valence-corrected chi connectivity index (χ1v) is 7.18. The Kier molecular flexibility index (Phi) is 5.35. The molecule has 0 bridgehead atoms. The first-order chi connectivity index (χ1) is 9.51. The van der Waals surface area contributed by atoms with Crippen LogP contribution < -0.4 is 11.3 Å². The number of rotatable bonds is 4. The van der Waals surface area contributed by atoms with Gasteiger partial charge in [0.25, 0.3) is 0 Å². The average Bonchev–Trinajstić information content (AvgIpc) is 2.42. The molecule has 3 N–H and O–H groups in total. The molecule has 1 aromatic rings. The molecular weight excluding hydrogens is 279 g/mol. The van der Waals surface area contributed by atoms with Gasteiger partial charge in [-0.3, -0.25) is 16.2 Å². The lowest BCUT2D eigenvalue weighted by Crippen LogP contribution is -2.60. The Bertz CT molecular complexity index is 457. The highest BCUT2D eigenvalue weighted by Gasteiger charge is 2.29. The van der Waals surface area contributed by atoms with E-state index < -0.39 is 0 Å². The molecule has 0 aliphatic carbocycles. The maximum Gasteiger partial charge on any atom is 0.126 e. The molecule has 2 rings (SSSR count). The molecule has 4 nitrogen and oxygen atoms in total. The zero-order valence-corrected chi connectivity index (χ0v) is 12.7. The van der Waals surface area contributed by atoms with Crippen LogP contribution in [0.5, 0.6) is 0 Å². The van der Waals surface area contributed by atoms with E-state index in [-0.39, 0.29) is 17.9 Å². The van der Waals surface area contributed by atoms with Crippen molar-refractivity contribution in [2.75, 3.05) is 33.7 Å². The van der Waals surface area contributed by atoms with Crippen LogP contribution >= 0.6 is 11.6 Å². The quantitative estimate of drug-likeness (QED) is 0.646. The van der Waals surface area contributed by atoms with Crippen LogP contribution in [0.3, 0.4) is 0 Å². The third kappa shape index (κ3) is 3.68. The lowest BCUT2D eigenvalue weighted by Gasteiger charge is -2.41. The van der Waals surface area contributed by atoms with Gasteiger partial charge in [0.15, 0.2) is 0 Å². The molecule has 6 heteroatoms. The smallest absolute Gasteiger partial charge is 0.126 e. The fourth-order valence-corrected chi connectivity index (χ4v) is 2.92. The zero-order chi connectivity index (χ0) is 14.7. The summed E-state index contributed by atoms with van der Waals surface area (Å²) in [5, 5.41) is 0.547. The van der Waals surface area contributed by atoms with E-state index in [1.807, 2.05) is 0 Å². The second-order valence-electron chi connectivity index (χ2n) is 5.52. The van der Waals surface area contributed by atoms with Crippen LogP contribution in [0.1, 0.15) is 5.56 Å². The Hall–Kier alpha value is -0.720. The summed E-state index contributed by atoms with van der Waals surface area (Å²) in [5.74, 6) is 5.46. The first kappa shape index (κ1) is 15.7. The molecule has 0 radical (unpaired) electrons. The second-order valence-corrected chi connectivity index (χ2v) is 5.96. The van der Waals surface area contributed by atoms with E-state index in [0.29, 0.717) is 17.0 Å². The topological polar surface area (TPSA) is 44.5 Å². The van der Waals surface area contributed by atoms with Gasteiger partial charge >= 0.3 is 0 Å². The summed E-state index contributed by atoms with van der Waals surface area (Å²) < 4.78 is 13.9. The van der Waals surface area contributed by atoms with E-state index in [2.05, 4.69) is 29.3 Å². The lowest BCUT2D eigenvalue weighted by atomic mass is 9.97. The molecule has 112 valence electrons. The van der Waals surface area contributed by atoms with Crippen molar-refractivity contribution in [2.24, 2.45) is 5.84 Å². The molecule has 2 atom stereocenters. The predicted octanol–water partition coefficient (Wildman–Crippen LogP) is 1.10. The largest absolute Gasteiger partial charge is 0.303 e. The Balaban J connectivity index is 2.13. The first-order valence-electron chi connectivity index (χ1n) is 6.80. The Labute approximate surface area is 124 Å². The van der Waals surface area contributed by atoms with E-state index in [4.69, 9.17) is 17.4 Å². The predicted molar refractivity (Wildman–Crippen MR) is 80.1 cm³/mol. The van der Waals surface area contributed by atoms with Crippen LogP contribution in [0.2, 0.25) is 5.02 Å². The van der Waals surface area contributed by atoms with Crippen LogP contribution in [-0.4, -0.2) is 55.6 Å². The van der Waals surface area contributed by atoms with Crippen LogP contribution in [-0.2, 0) is 6.42 Å². The molecule has 0 amide bonds. The van der Waals surface area contributed by atoms with E-state index in [9.17, 15) is 4.39 Å². The van der Waals surface area contributed by atoms with Gasteiger partial charge in [-0.1, -0.05) is 11.6 Å². The molecular formula is C14H22ClFN4. The number of halogens is 2. The highest BCUT2D eigenvalue weighted by Crippen LogP contribution is 2.19. The van der Waals surface area contributed by atoms with E-state index in [1.54, 1.807) is 12.1 Å². The molecule has 1 fully saturated rings. The van der Waals surface area contributed by atoms with Gasteiger partial charge in [-0.15, -0.1) is 0 Å². The normalized spacial score (nSPS) is 22.9. The fraction of sp³-hybridized carbons (Fsp3) is 0.571. The number of nitrogens with zero attached hydrogens (tertiary/aromatic N) is 2. The number of nitrogens with one attached hydrogen (secondary N) is 1. The van der Waals surface area contributed by atoms with E-state index in [1.165, 1.54) is 6.07 Å². The Morgan fingerprint density at radius 2 is 2.20 bits per heavy atom. The Morgan fingerprint density at radius 3 is 2.90 bits per heavy atom. The van der Waals surface area contributed by atoms with Crippen molar-refractivity contribution in [3.63, 3.8) is 0 Å². The number of hydrogen-bond acceptors (Lipinski definition) is 4. The van der Waals surface area contributed by atoms with Crippen molar-refractivity contribution < 1.29 is 4.39 Å². The number of nitrogens with two attached hydrogens (primary N) is 1. The third-order valence-electron chi connectivity index (χ3n) is 4.03. The highest BCUT2D eigenvalue weighted by atomic mass is 35.5. The third-order valence-corrected chi connectivity index (χ3v) is 4.26. The van der Waals surface area contributed by atoms with Crippen molar-refractivity contribution in [2.45, 2.75) is 18.5 Å². The summed E-state index contributed by atoms with van der Waals surface area (Å²) in [4.78, 5) is 4.54. The van der Waals surface area contributed by atoms with Gasteiger partial charge in [0.1, 0.15) is 5.82 Å². The summed E-state index contributed by atoms with van der Waals surface area (Å²) in [6, 6.07) is 4.87. The summed E-state index contributed by atoms with van der Waals surface area (Å²) in [7, 11) is 4.17.